The number of ether oxygens (including phenoxy) is 1. The summed E-state index contributed by atoms with van der Waals surface area (Å²) in [5.74, 6) is 0.643. The van der Waals surface area contributed by atoms with Gasteiger partial charge in [0.05, 0.1) is 18.3 Å². The lowest BCUT2D eigenvalue weighted by molar-refractivity contribution is -0.136. The molecule has 2 fully saturated rings. The normalized spacial score (nSPS) is 37.6. The van der Waals surface area contributed by atoms with Crippen LogP contribution in [0.25, 0.3) is 0 Å². The first kappa shape index (κ1) is 13.8. The summed E-state index contributed by atoms with van der Waals surface area (Å²) in [5.41, 5.74) is 0. The third-order valence-electron chi connectivity index (χ3n) is 4.13. The summed E-state index contributed by atoms with van der Waals surface area (Å²) in [7, 11) is 0. The van der Waals surface area contributed by atoms with Crippen molar-refractivity contribution < 1.29 is 9.53 Å². The summed E-state index contributed by atoms with van der Waals surface area (Å²) in [5, 5.41) is 3.49. The molecule has 0 aliphatic carbocycles. The molecule has 0 saturated carbocycles. The Hall–Kier alpha value is -0.610. The number of carbonyl (C=O) groups is 1. The summed E-state index contributed by atoms with van der Waals surface area (Å²) in [6.45, 7) is 9.24. The summed E-state index contributed by atoms with van der Waals surface area (Å²) in [4.78, 5) is 14.6. The van der Waals surface area contributed by atoms with Gasteiger partial charge in [0.25, 0.3) is 0 Å². The largest absolute Gasteiger partial charge is 0.378 e. The lowest BCUT2D eigenvalue weighted by atomic mass is 10.00. The molecule has 2 saturated heterocycles. The first-order chi connectivity index (χ1) is 8.54. The van der Waals surface area contributed by atoms with Gasteiger partial charge in [0.2, 0.25) is 5.91 Å². The van der Waals surface area contributed by atoms with E-state index in [9.17, 15) is 4.79 Å². The highest BCUT2D eigenvalue weighted by molar-refractivity contribution is 5.85. The zero-order valence-corrected chi connectivity index (χ0v) is 12.0. The fourth-order valence-electron chi connectivity index (χ4n) is 3.13. The number of hydrogen-bond donors (Lipinski definition) is 1. The summed E-state index contributed by atoms with van der Waals surface area (Å²) in [6.07, 6.45) is 3.39. The van der Waals surface area contributed by atoms with Crippen LogP contribution in [0.1, 0.15) is 47.0 Å². The van der Waals surface area contributed by atoms with Gasteiger partial charge in [-0.25, -0.2) is 0 Å². The molecule has 2 heterocycles. The standard InChI is InChI=1S/C14H26N2O2/c1-5-12-15-13(9(2)3)14(17)16(12)11-6-7-18-10(4)8-11/h9-13,15H,5-8H2,1-4H3. The highest BCUT2D eigenvalue weighted by Gasteiger charge is 2.43. The maximum Gasteiger partial charge on any atom is 0.241 e. The lowest BCUT2D eigenvalue weighted by Crippen LogP contribution is -2.48. The van der Waals surface area contributed by atoms with Crippen molar-refractivity contribution in [3.63, 3.8) is 0 Å². The van der Waals surface area contributed by atoms with E-state index in [0.29, 0.717) is 12.0 Å². The van der Waals surface area contributed by atoms with E-state index in [1.54, 1.807) is 0 Å². The first-order valence-corrected chi connectivity index (χ1v) is 7.24. The van der Waals surface area contributed by atoms with Gasteiger partial charge >= 0.3 is 0 Å². The highest BCUT2D eigenvalue weighted by Crippen LogP contribution is 2.27. The summed E-state index contributed by atoms with van der Waals surface area (Å²) in [6, 6.07) is 0.343. The first-order valence-electron chi connectivity index (χ1n) is 7.24. The van der Waals surface area contributed by atoms with Crippen LogP contribution in [0.15, 0.2) is 0 Å². The van der Waals surface area contributed by atoms with Gasteiger partial charge in [0, 0.05) is 12.6 Å². The molecule has 4 heteroatoms. The fourth-order valence-corrected chi connectivity index (χ4v) is 3.13. The van der Waals surface area contributed by atoms with Crippen LogP contribution in [0, 0.1) is 5.92 Å². The molecule has 0 aromatic carbocycles. The van der Waals surface area contributed by atoms with Crippen molar-refractivity contribution >= 4 is 5.91 Å². The van der Waals surface area contributed by atoms with Crippen LogP contribution in [0.5, 0.6) is 0 Å². The van der Waals surface area contributed by atoms with Gasteiger partial charge in [0.1, 0.15) is 0 Å². The second kappa shape index (κ2) is 5.57. The Morgan fingerprint density at radius 3 is 2.78 bits per heavy atom. The summed E-state index contributed by atoms with van der Waals surface area (Å²) < 4.78 is 5.59. The molecule has 0 bridgehead atoms. The van der Waals surface area contributed by atoms with E-state index >= 15 is 0 Å². The van der Waals surface area contributed by atoms with E-state index in [4.69, 9.17) is 4.74 Å². The van der Waals surface area contributed by atoms with Crippen molar-refractivity contribution in [2.24, 2.45) is 5.92 Å². The molecule has 18 heavy (non-hydrogen) atoms. The van der Waals surface area contributed by atoms with Gasteiger partial charge in [-0.3, -0.25) is 10.1 Å². The second-order valence-electron chi connectivity index (χ2n) is 5.92. The minimum atomic E-state index is -0.00639. The molecule has 4 atom stereocenters. The van der Waals surface area contributed by atoms with Crippen LogP contribution in [0.3, 0.4) is 0 Å². The van der Waals surface area contributed by atoms with E-state index in [1.807, 2.05) is 0 Å². The quantitative estimate of drug-likeness (QED) is 0.834. The maximum absolute atomic E-state index is 12.5. The topological polar surface area (TPSA) is 41.6 Å². The van der Waals surface area contributed by atoms with Gasteiger partial charge in [-0.1, -0.05) is 20.8 Å². The molecule has 2 aliphatic rings. The third-order valence-corrected chi connectivity index (χ3v) is 4.13. The van der Waals surface area contributed by atoms with Crippen LogP contribution >= 0.6 is 0 Å². The van der Waals surface area contributed by atoms with E-state index in [1.165, 1.54) is 0 Å². The van der Waals surface area contributed by atoms with Crippen molar-refractivity contribution in [2.75, 3.05) is 6.61 Å². The monoisotopic (exact) mass is 254 g/mol. The molecule has 2 rings (SSSR count). The second-order valence-corrected chi connectivity index (χ2v) is 5.92. The number of nitrogens with zero attached hydrogens (tertiary/aromatic N) is 1. The van der Waals surface area contributed by atoms with E-state index < -0.39 is 0 Å². The molecule has 0 aromatic rings. The van der Waals surface area contributed by atoms with Crippen LogP contribution < -0.4 is 5.32 Å². The molecular weight excluding hydrogens is 228 g/mol. The fraction of sp³-hybridized carbons (Fsp3) is 0.929. The number of rotatable bonds is 3. The Bertz CT molecular complexity index is 306. The number of amides is 1. The summed E-state index contributed by atoms with van der Waals surface area (Å²) >= 11 is 0. The third kappa shape index (κ3) is 2.54. The van der Waals surface area contributed by atoms with Crippen LogP contribution in [0.2, 0.25) is 0 Å². The average molecular weight is 254 g/mol. The Kier molecular flexibility index (Phi) is 4.28. The molecule has 4 nitrogen and oxygen atoms in total. The minimum absolute atomic E-state index is 0.00639. The van der Waals surface area contributed by atoms with E-state index in [-0.39, 0.29) is 24.2 Å². The molecule has 1 N–H and O–H groups in total. The van der Waals surface area contributed by atoms with Crippen LogP contribution in [-0.4, -0.2) is 41.8 Å². The Labute approximate surface area is 110 Å². The number of carbonyl (C=O) groups excluding carboxylic acids is 1. The number of hydrogen-bond acceptors (Lipinski definition) is 3. The predicted octanol–water partition coefficient (Wildman–Crippen LogP) is 1.75. The van der Waals surface area contributed by atoms with E-state index in [2.05, 4.69) is 37.9 Å². The lowest BCUT2D eigenvalue weighted by Gasteiger charge is -2.37. The highest BCUT2D eigenvalue weighted by atomic mass is 16.5. The van der Waals surface area contributed by atoms with Crippen LogP contribution in [0.4, 0.5) is 0 Å². The van der Waals surface area contributed by atoms with Crippen molar-refractivity contribution in [1.29, 1.82) is 0 Å². The molecule has 2 aliphatic heterocycles. The zero-order chi connectivity index (χ0) is 13.3. The molecular formula is C14H26N2O2. The van der Waals surface area contributed by atoms with E-state index in [0.717, 1.165) is 25.9 Å². The van der Waals surface area contributed by atoms with Gasteiger partial charge in [0.15, 0.2) is 0 Å². The molecule has 0 spiro atoms. The van der Waals surface area contributed by atoms with Crippen LogP contribution in [-0.2, 0) is 9.53 Å². The van der Waals surface area contributed by atoms with Gasteiger partial charge in [-0.2, -0.15) is 0 Å². The zero-order valence-electron chi connectivity index (χ0n) is 12.0. The SMILES string of the molecule is CCC1NC(C(C)C)C(=O)N1C1CCOC(C)C1. The van der Waals surface area contributed by atoms with Gasteiger partial charge < -0.3 is 9.64 Å². The Morgan fingerprint density at radius 1 is 1.50 bits per heavy atom. The number of nitrogens with one attached hydrogen (secondary N) is 1. The van der Waals surface area contributed by atoms with Gasteiger partial charge in [-0.05, 0) is 32.1 Å². The molecule has 0 radical (unpaired) electrons. The minimum Gasteiger partial charge on any atom is -0.378 e. The Morgan fingerprint density at radius 2 is 2.22 bits per heavy atom. The predicted molar refractivity (Wildman–Crippen MR) is 71.1 cm³/mol. The maximum atomic E-state index is 12.5. The van der Waals surface area contributed by atoms with Crippen molar-refractivity contribution in [3.05, 3.63) is 0 Å². The molecule has 0 aromatic heterocycles. The smallest absolute Gasteiger partial charge is 0.241 e. The average Bonchev–Trinajstić information content (AvgIpc) is 2.66. The van der Waals surface area contributed by atoms with Crippen molar-refractivity contribution in [3.8, 4) is 0 Å². The van der Waals surface area contributed by atoms with Crippen molar-refractivity contribution in [1.82, 2.24) is 10.2 Å². The van der Waals surface area contributed by atoms with Gasteiger partial charge in [-0.15, -0.1) is 0 Å². The van der Waals surface area contributed by atoms with Crippen molar-refractivity contribution in [2.45, 2.75) is 71.3 Å². The molecule has 4 unspecified atom stereocenters. The Balaban J connectivity index is 2.11. The molecule has 1 amide bonds. The molecule has 104 valence electrons.